The highest BCUT2D eigenvalue weighted by Gasteiger charge is 2.48. The van der Waals surface area contributed by atoms with Crippen LogP contribution in [0.3, 0.4) is 0 Å². The maximum atomic E-state index is 11.9. The van der Waals surface area contributed by atoms with Crippen molar-refractivity contribution in [1.29, 1.82) is 0 Å². The number of aromatic hydroxyl groups is 9. The Hall–Kier alpha value is -8.90. The van der Waals surface area contributed by atoms with Crippen LogP contribution in [0, 0.1) is 0 Å². The molecular weight excluding hydrogens is 865 g/mol. The Balaban J connectivity index is 0.988. The van der Waals surface area contributed by atoms with Gasteiger partial charge in [-0.2, -0.15) is 0 Å². The minimum atomic E-state index is -0.923. The van der Waals surface area contributed by atoms with E-state index >= 15 is 0 Å². The van der Waals surface area contributed by atoms with Crippen molar-refractivity contribution in [2.75, 3.05) is 0 Å². The van der Waals surface area contributed by atoms with Gasteiger partial charge < -0.3 is 60.2 Å². The van der Waals surface area contributed by atoms with E-state index < -0.39 is 36.1 Å². The zero-order valence-electron chi connectivity index (χ0n) is 35.8. The van der Waals surface area contributed by atoms with Crippen LogP contribution in [0.25, 0.3) is 12.2 Å². The van der Waals surface area contributed by atoms with E-state index in [1.165, 1.54) is 24.3 Å². The van der Waals surface area contributed by atoms with Crippen molar-refractivity contribution >= 4 is 12.2 Å². The molecule has 0 saturated carbocycles. The van der Waals surface area contributed by atoms with E-state index in [1.54, 1.807) is 115 Å². The average Bonchev–Trinajstić information content (AvgIpc) is 3.85. The van der Waals surface area contributed by atoms with Gasteiger partial charge in [0.25, 0.3) is 0 Å². The lowest BCUT2D eigenvalue weighted by atomic mass is 9.80. The number of hydrogen-bond donors (Lipinski definition) is 9. The molecule has 0 saturated heterocycles. The summed E-state index contributed by atoms with van der Waals surface area (Å²) in [6.07, 6.45) is 1.45. The van der Waals surface area contributed by atoms with Gasteiger partial charge in [-0.3, -0.25) is 0 Å². The Morgan fingerprint density at radius 2 is 0.868 bits per heavy atom. The minimum absolute atomic E-state index is 0.0355. The number of rotatable bonds is 8. The minimum Gasteiger partial charge on any atom is -0.508 e. The number of phenols is 9. The van der Waals surface area contributed by atoms with Crippen molar-refractivity contribution in [1.82, 2.24) is 0 Å². The summed E-state index contributed by atoms with van der Waals surface area (Å²) in [6.45, 7) is 0. The fraction of sp³-hybridized carbons (Fsp3) is 0.107. The average molecular weight is 907 g/mol. The Morgan fingerprint density at radius 3 is 1.47 bits per heavy atom. The molecule has 11 rings (SSSR count). The summed E-state index contributed by atoms with van der Waals surface area (Å²) >= 11 is 0. The summed E-state index contributed by atoms with van der Waals surface area (Å²) in [6, 6.07) is 40.6. The highest BCUT2D eigenvalue weighted by atomic mass is 16.5. The van der Waals surface area contributed by atoms with Crippen LogP contribution in [0.15, 0.2) is 152 Å². The van der Waals surface area contributed by atoms with Gasteiger partial charge in [-0.15, -0.1) is 0 Å². The standard InChI is InChI=1S/C56H42O12/c57-34-11-5-29(6-12-34)49-51-43(23-40(63)25-45(51)65)53-52-44(24-41(64)27-47(52)68-55(53)31-9-15-36(59)16-10-31)56(49)66-42-17-2-28(3-18-42)1-4-32-19-39(62)26-46-48(32)50(33-20-37(60)22-38(61)21-33)54(67-46)30-7-13-35(58)14-8-30/h1-27,49-50,53-65H/b4-1+/t49-,50-,53-,54+,55+,56-/m1/s1. The number of hydrogen-bond acceptors (Lipinski definition) is 12. The molecule has 8 aromatic carbocycles. The maximum Gasteiger partial charge on any atom is 0.135 e. The van der Waals surface area contributed by atoms with Crippen LogP contribution in [0.4, 0.5) is 0 Å². The number of fused-ring (bicyclic) bond motifs is 3. The molecule has 3 aliphatic rings. The summed E-state index contributed by atoms with van der Waals surface area (Å²) < 4.78 is 20.1. The van der Waals surface area contributed by atoms with Crippen LogP contribution in [0.1, 0.15) is 97.3 Å². The highest BCUT2D eigenvalue weighted by molar-refractivity contribution is 5.76. The molecule has 1 aliphatic carbocycles. The lowest BCUT2D eigenvalue weighted by Gasteiger charge is -2.30. The van der Waals surface area contributed by atoms with Gasteiger partial charge in [-0.1, -0.05) is 60.7 Å². The first-order chi connectivity index (χ1) is 32.8. The van der Waals surface area contributed by atoms with Gasteiger partial charge in [0.15, 0.2) is 0 Å². The van der Waals surface area contributed by atoms with E-state index in [2.05, 4.69) is 0 Å². The van der Waals surface area contributed by atoms with Crippen molar-refractivity contribution < 1.29 is 60.2 Å². The van der Waals surface area contributed by atoms with Gasteiger partial charge in [-0.25, -0.2) is 0 Å². The third-order valence-electron chi connectivity index (χ3n) is 13.1. The first kappa shape index (κ1) is 41.8. The highest BCUT2D eigenvalue weighted by Crippen LogP contribution is 2.61. The van der Waals surface area contributed by atoms with Gasteiger partial charge in [0.2, 0.25) is 0 Å². The largest absolute Gasteiger partial charge is 0.508 e. The van der Waals surface area contributed by atoms with Gasteiger partial charge in [0, 0.05) is 46.5 Å². The molecule has 0 bridgehead atoms. The SMILES string of the molecule is Oc1ccc([C@@H]2c3c(O)cc(O)cc3[C@@H]3c4c(cc(O)cc4[C@H]2Oc2ccc(/C=C/c4cc(O)cc5c4[C@@H](c4cc(O)cc(O)c4)[C@H](c4ccc(O)cc4)O5)cc2)O[C@H]3c2ccc(O)cc2)cc1. The van der Waals surface area contributed by atoms with Gasteiger partial charge in [0.05, 0.1) is 17.8 Å². The zero-order valence-corrected chi connectivity index (χ0v) is 35.8. The maximum absolute atomic E-state index is 11.9. The van der Waals surface area contributed by atoms with E-state index in [9.17, 15) is 46.0 Å². The summed E-state index contributed by atoms with van der Waals surface area (Å²) in [5, 5.41) is 96.8. The molecule has 8 aromatic rings. The lowest BCUT2D eigenvalue weighted by molar-refractivity contribution is 0.184. The summed E-state index contributed by atoms with van der Waals surface area (Å²) in [5.74, 6) is -1.23. The van der Waals surface area contributed by atoms with Crippen LogP contribution in [-0.4, -0.2) is 46.0 Å². The van der Waals surface area contributed by atoms with E-state index in [0.717, 1.165) is 11.1 Å². The molecule has 338 valence electrons. The van der Waals surface area contributed by atoms with Crippen LogP contribution in [0.5, 0.6) is 69.0 Å². The Bertz CT molecular complexity index is 3250. The van der Waals surface area contributed by atoms with Crippen molar-refractivity contribution in [3.63, 3.8) is 0 Å². The molecule has 0 amide bonds. The Kier molecular flexibility index (Phi) is 9.96. The predicted molar refractivity (Wildman–Crippen MR) is 251 cm³/mol. The first-order valence-corrected chi connectivity index (χ1v) is 21.8. The predicted octanol–water partition coefficient (Wildman–Crippen LogP) is 11.0. The number of benzene rings is 8. The van der Waals surface area contributed by atoms with E-state index in [4.69, 9.17) is 14.2 Å². The van der Waals surface area contributed by atoms with Crippen molar-refractivity contribution in [2.45, 2.75) is 36.1 Å². The Morgan fingerprint density at radius 1 is 0.368 bits per heavy atom. The fourth-order valence-electron chi connectivity index (χ4n) is 10.2. The third kappa shape index (κ3) is 7.37. The summed E-state index contributed by atoms with van der Waals surface area (Å²) in [4.78, 5) is 0. The lowest BCUT2D eigenvalue weighted by Crippen LogP contribution is -2.19. The van der Waals surface area contributed by atoms with Gasteiger partial charge in [-0.05, 0) is 118 Å². The molecule has 9 N–H and O–H groups in total. The van der Waals surface area contributed by atoms with Crippen LogP contribution in [-0.2, 0) is 0 Å². The smallest absolute Gasteiger partial charge is 0.135 e. The molecule has 0 fully saturated rings. The molecule has 12 nitrogen and oxygen atoms in total. The fourth-order valence-corrected chi connectivity index (χ4v) is 10.2. The molecule has 2 aliphatic heterocycles. The summed E-state index contributed by atoms with van der Waals surface area (Å²) in [7, 11) is 0. The van der Waals surface area contributed by atoms with Gasteiger partial charge >= 0.3 is 0 Å². The van der Waals surface area contributed by atoms with Crippen LogP contribution >= 0.6 is 0 Å². The quantitative estimate of drug-likeness (QED) is 0.0652. The number of phenolic OH excluding ortho intramolecular Hbond substituents is 9. The molecule has 2 heterocycles. The normalized spacial score (nSPS) is 19.9. The Labute approximate surface area is 389 Å². The van der Waals surface area contributed by atoms with Crippen LogP contribution in [0.2, 0.25) is 0 Å². The molecule has 0 aromatic heterocycles. The third-order valence-corrected chi connectivity index (χ3v) is 13.1. The monoisotopic (exact) mass is 906 g/mol. The van der Waals surface area contributed by atoms with Crippen molar-refractivity contribution in [3.8, 4) is 69.0 Å². The van der Waals surface area contributed by atoms with E-state index in [-0.39, 0.29) is 51.7 Å². The molecule has 68 heavy (non-hydrogen) atoms. The van der Waals surface area contributed by atoms with E-state index in [0.29, 0.717) is 67.3 Å². The van der Waals surface area contributed by atoms with Gasteiger partial charge in [0.1, 0.15) is 87.3 Å². The van der Waals surface area contributed by atoms with Crippen LogP contribution < -0.4 is 14.2 Å². The number of ether oxygens (including phenoxy) is 3. The van der Waals surface area contributed by atoms with Crippen molar-refractivity contribution in [3.05, 3.63) is 213 Å². The molecule has 0 spiro atoms. The zero-order chi connectivity index (χ0) is 47.0. The summed E-state index contributed by atoms with van der Waals surface area (Å²) in [5.41, 5.74) is 7.05. The molecule has 12 heteroatoms. The molecule has 0 radical (unpaired) electrons. The first-order valence-electron chi connectivity index (χ1n) is 21.8. The van der Waals surface area contributed by atoms with E-state index in [1.807, 2.05) is 24.3 Å². The molecule has 6 atom stereocenters. The molecular formula is C56H42O12. The molecule has 0 unspecified atom stereocenters. The van der Waals surface area contributed by atoms with Crippen molar-refractivity contribution in [2.24, 2.45) is 0 Å². The second-order valence-electron chi connectivity index (χ2n) is 17.4. The second kappa shape index (κ2) is 16.2. The topological polar surface area (TPSA) is 210 Å². The second-order valence-corrected chi connectivity index (χ2v) is 17.4.